The zero-order valence-corrected chi connectivity index (χ0v) is 15.8. The lowest BCUT2D eigenvalue weighted by molar-refractivity contribution is -0.137. The number of alkyl halides is 3. The third kappa shape index (κ3) is 5.03. The number of piperidine rings is 1. The highest BCUT2D eigenvalue weighted by atomic mass is 32.2. The van der Waals surface area contributed by atoms with Gasteiger partial charge in [-0.1, -0.05) is 12.1 Å². The summed E-state index contributed by atoms with van der Waals surface area (Å²) in [6, 6.07) is 4.60. The van der Waals surface area contributed by atoms with Gasteiger partial charge in [0.25, 0.3) is 0 Å². The second kappa shape index (κ2) is 8.50. The van der Waals surface area contributed by atoms with Crippen LogP contribution in [0.25, 0.3) is 0 Å². The zero-order valence-electron chi connectivity index (χ0n) is 15.0. The van der Waals surface area contributed by atoms with E-state index >= 15 is 0 Å². The first-order valence-corrected chi connectivity index (χ1v) is 10.1. The maximum absolute atomic E-state index is 12.8. The van der Waals surface area contributed by atoms with Crippen molar-refractivity contribution in [2.24, 2.45) is 0 Å². The Hall–Kier alpha value is -2.10. The molecule has 1 aromatic carbocycles. The molecule has 0 aliphatic carbocycles. The van der Waals surface area contributed by atoms with Crippen molar-refractivity contribution in [3.05, 3.63) is 35.4 Å². The van der Waals surface area contributed by atoms with E-state index in [1.165, 1.54) is 12.1 Å². The Morgan fingerprint density at radius 3 is 2.29 bits per heavy atom. The average molecular weight is 418 g/mol. The van der Waals surface area contributed by atoms with E-state index < -0.39 is 24.0 Å². The Bertz CT molecular complexity index is 708. The number of carboxylic acid groups (broad SMARTS) is 1. The number of thioether (sulfide) groups is 1. The highest BCUT2D eigenvalue weighted by Crippen LogP contribution is 2.33. The molecule has 2 unspecified atom stereocenters. The maximum atomic E-state index is 12.8. The van der Waals surface area contributed by atoms with Crippen LogP contribution >= 0.6 is 11.8 Å². The molecule has 2 aliphatic rings. The summed E-state index contributed by atoms with van der Waals surface area (Å²) < 4.78 is 43.3. The minimum absolute atomic E-state index is 0.145. The smallest absolute Gasteiger partial charge is 0.450 e. The van der Waals surface area contributed by atoms with Crippen molar-refractivity contribution in [3.63, 3.8) is 0 Å². The van der Waals surface area contributed by atoms with Gasteiger partial charge in [0, 0.05) is 37.1 Å². The summed E-state index contributed by atoms with van der Waals surface area (Å²) in [5, 5.41) is 8.96. The molecule has 2 fully saturated rings. The molecular weight excluding hydrogens is 397 g/mol. The predicted octanol–water partition coefficient (Wildman–Crippen LogP) is 3.73. The highest BCUT2D eigenvalue weighted by molar-refractivity contribution is 7.99. The number of carbonyl (C=O) groups excluding carboxylic acids is 1. The summed E-state index contributed by atoms with van der Waals surface area (Å²) >= 11 is 1.77. The van der Waals surface area contributed by atoms with Crippen LogP contribution in [-0.2, 0) is 10.9 Å². The van der Waals surface area contributed by atoms with Gasteiger partial charge in [-0.2, -0.15) is 24.9 Å². The second-order valence-electron chi connectivity index (χ2n) is 6.85. The number of nitrogens with zero attached hydrogens (tertiary/aromatic N) is 2. The lowest BCUT2D eigenvalue weighted by Crippen LogP contribution is -2.53. The van der Waals surface area contributed by atoms with E-state index in [1.54, 1.807) is 21.6 Å². The summed E-state index contributed by atoms with van der Waals surface area (Å²) in [6.45, 7) is 1.70. The number of halogens is 3. The maximum Gasteiger partial charge on any atom is 0.506 e. The van der Waals surface area contributed by atoms with Crippen molar-refractivity contribution in [1.82, 2.24) is 9.80 Å². The fourth-order valence-corrected chi connectivity index (χ4v) is 4.48. The number of hydrogen-bond acceptors (Lipinski definition) is 4. The van der Waals surface area contributed by atoms with Gasteiger partial charge in [0.05, 0.1) is 12.1 Å². The summed E-state index contributed by atoms with van der Waals surface area (Å²) in [5.74, 6) is 1.39. The van der Waals surface area contributed by atoms with Gasteiger partial charge in [0.2, 0.25) is 0 Å². The minimum atomic E-state index is -4.42. The third-order valence-corrected chi connectivity index (χ3v) is 5.88. The first-order chi connectivity index (χ1) is 13.2. The van der Waals surface area contributed by atoms with E-state index in [9.17, 15) is 22.8 Å². The largest absolute Gasteiger partial charge is 0.506 e. The van der Waals surface area contributed by atoms with Crippen LogP contribution in [-0.4, -0.2) is 70.9 Å². The molecule has 0 bridgehead atoms. The van der Waals surface area contributed by atoms with Crippen molar-refractivity contribution >= 4 is 23.9 Å². The van der Waals surface area contributed by atoms with Gasteiger partial charge < -0.3 is 19.6 Å². The van der Waals surface area contributed by atoms with Gasteiger partial charge in [-0.25, -0.2) is 9.59 Å². The fraction of sp³-hybridized carbons (Fsp3) is 0.556. The first-order valence-electron chi connectivity index (χ1n) is 8.92. The predicted molar refractivity (Wildman–Crippen MR) is 97.6 cm³/mol. The van der Waals surface area contributed by atoms with E-state index in [2.05, 4.69) is 0 Å². The topological polar surface area (TPSA) is 70.1 Å². The average Bonchev–Trinajstić information content (AvgIpc) is 2.67. The van der Waals surface area contributed by atoms with Crippen molar-refractivity contribution in [2.45, 2.75) is 24.6 Å². The number of hydrogen-bond donors (Lipinski definition) is 1. The molecule has 0 aromatic heterocycles. The van der Waals surface area contributed by atoms with E-state index in [1.807, 2.05) is 0 Å². The lowest BCUT2D eigenvalue weighted by Gasteiger charge is -2.40. The minimum Gasteiger partial charge on any atom is -0.450 e. The number of rotatable bonds is 2. The molecule has 2 amide bonds. The van der Waals surface area contributed by atoms with E-state index in [0.717, 1.165) is 23.6 Å². The number of amides is 2. The molecule has 154 valence electrons. The van der Waals surface area contributed by atoms with Crippen LogP contribution in [0.15, 0.2) is 24.3 Å². The number of benzene rings is 1. The van der Waals surface area contributed by atoms with Gasteiger partial charge in [0.1, 0.15) is 6.10 Å². The number of likely N-dealkylation sites (tertiary alicyclic amines) is 1. The van der Waals surface area contributed by atoms with Crippen LogP contribution in [0.5, 0.6) is 0 Å². The molecule has 2 heterocycles. The molecule has 2 saturated heterocycles. The second-order valence-corrected chi connectivity index (χ2v) is 8.07. The van der Waals surface area contributed by atoms with Crippen LogP contribution in [0.2, 0.25) is 0 Å². The molecular formula is C18H21F3N2O4S. The SMILES string of the molecule is O=C(O)OC1CC(c2ccc(C(F)(F)F)cc2)CN(C(=O)N2CCSCC2)C1. The van der Waals surface area contributed by atoms with Crippen molar-refractivity contribution in [2.75, 3.05) is 37.7 Å². The Morgan fingerprint density at radius 2 is 1.71 bits per heavy atom. The van der Waals surface area contributed by atoms with Gasteiger partial charge in [0.15, 0.2) is 0 Å². The number of urea groups is 1. The Labute approximate surface area is 164 Å². The monoisotopic (exact) mass is 418 g/mol. The molecule has 2 atom stereocenters. The van der Waals surface area contributed by atoms with Crippen molar-refractivity contribution in [3.8, 4) is 0 Å². The standard InChI is InChI=1S/C18H21F3N2O4S/c19-18(20,21)14-3-1-12(2-4-14)13-9-15(27-17(25)26)11-23(10-13)16(24)22-5-7-28-8-6-22/h1-4,13,15H,5-11H2,(H,25,26). The van der Waals surface area contributed by atoms with Crippen LogP contribution in [0.3, 0.4) is 0 Å². The molecule has 2 aliphatic heterocycles. The Morgan fingerprint density at radius 1 is 1.07 bits per heavy atom. The van der Waals surface area contributed by atoms with Crippen LogP contribution in [0, 0.1) is 0 Å². The Balaban J connectivity index is 1.77. The fourth-order valence-electron chi connectivity index (χ4n) is 3.58. The van der Waals surface area contributed by atoms with Crippen molar-refractivity contribution < 1.29 is 32.6 Å². The molecule has 3 rings (SSSR count). The molecule has 1 N–H and O–H groups in total. The van der Waals surface area contributed by atoms with Crippen LogP contribution in [0.1, 0.15) is 23.5 Å². The Kier molecular flexibility index (Phi) is 6.26. The summed E-state index contributed by atoms with van der Waals surface area (Å²) in [6.07, 6.45) is -6.26. The highest BCUT2D eigenvalue weighted by Gasteiger charge is 2.36. The summed E-state index contributed by atoms with van der Waals surface area (Å²) in [5.41, 5.74) is -0.122. The molecule has 10 heteroatoms. The summed E-state index contributed by atoms with van der Waals surface area (Å²) in [4.78, 5) is 27.1. The molecule has 1 aromatic rings. The van der Waals surface area contributed by atoms with Crippen LogP contribution < -0.4 is 0 Å². The summed E-state index contributed by atoms with van der Waals surface area (Å²) in [7, 11) is 0. The van der Waals surface area contributed by atoms with Gasteiger partial charge in [-0.05, 0) is 24.1 Å². The molecule has 0 saturated carbocycles. The van der Waals surface area contributed by atoms with Gasteiger partial charge in [-0.15, -0.1) is 0 Å². The lowest BCUT2D eigenvalue weighted by atomic mass is 9.88. The van der Waals surface area contributed by atoms with Crippen LogP contribution in [0.4, 0.5) is 22.8 Å². The number of ether oxygens (including phenoxy) is 1. The third-order valence-electron chi connectivity index (χ3n) is 4.94. The van der Waals surface area contributed by atoms with E-state index in [4.69, 9.17) is 9.84 Å². The molecule has 6 nitrogen and oxygen atoms in total. The van der Waals surface area contributed by atoms with E-state index in [0.29, 0.717) is 31.6 Å². The van der Waals surface area contributed by atoms with E-state index in [-0.39, 0.29) is 18.5 Å². The van der Waals surface area contributed by atoms with Gasteiger partial charge in [-0.3, -0.25) is 0 Å². The van der Waals surface area contributed by atoms with Crippen molar-refractivity contribution in [1.29, 1.82) is 0 Å². The zero-order chi connectivity index (χ0) is 20.3. The normalized spacial score (nSPS) is 23.4. The first kappa shape index (κ1) is 20.6. The molecule has 0 spiro atoms. The number of carbonyl (C=O) groups is 2. The quantitative estimate of drug-likeness (QED) is 0.742. The molecule has 0 radical (unpaired) electrons. The van der Waals surface area contributed by atoms with Gasteiger partial charge >= 0.3 is 18.4 Å². The molecule has 28 heavy (non-hydrogen) atoms.